The van der Waals surface area contributed by atoms with E-state index in [1.165, 1.54) is 0 Å². The molecule has 20 heavy (non-hydrogen) atoms. The van der Waals surface area contributed by atoms with Crippen molar-refractivity contribution in [3.8, 4) is 17.2 Å². The first-order valence-electron chi connectivity index (χ1n) is 5.86. The van der Waals surface area contributed by atoms with Crippen LogP contribution in [0.4, 0.5) is 11.5 Å². The molecule has 0 unspecified atom stereocenters. The van der Waals surface area contributed by atoms with Crippen LogP contribution < -0.4 is 19.5 Å². The molecule has 1 N–H and O–H groups in total. The minimum Gasteiger partial charge on any atom is -0.493 e. The Balaban J connectivity index is 2.34. The van der Waals surface area contributed by atoms with E-state index in [9.17, 15) is 0 Å². The van der Waals surface area contributed by atoms with Crippen molar-refractivity contribution in [2.45, 2.75) is 0 Å². The second-order valence-electron chi connectivity index (χ2n) is 3.90. The Hall–Kier alpha value is -2.14. The number of anilines is 2. The number of aromatic nitrogens is 1. The highest BCUT2D eigenvalue weighted by Gasteiger charge is 2.13. The Bertz CT molecular complexity index is 562. The van der Waals surface area contributed by atoms with Gasteiger partial charge in [-0.3, -0.25) is 0 Å². The zero-order valence-electron chi connectivity index (χ0n) is 11.4. The summed E-state index contributed by atoms with van der Waals surface area (Å²) < 4.78 is 15.8. The normalized spacial score (nSPS) is 10.0. The molecular formula is C14H15ClN2O3. The summed E-state index contributed by atoms with van der Waals surface area (Å²) in [6.07, 6.45) is 1.57. The minimum atomic E-state index is 0.546. The quantitative estimate of drug-likeness (QED) is 0.914. The van der Waals surface area contributed by atoms with Crippen LogP contribution in [0.25, 0.3) is 0 Å². The highest BCUT2D eigenvalue weighted by molar-refractivity contribution is 6.30. The molecule has 2 rings (SSSR count). The smallest absolute Gasteiger partial charge is 0.203 e. The summed E-state index contributed by atoms with van der Waals surface area (Å²) in [6, 6.07) is 7.15. The number of ether oxygens (including phenoxy) is 3. The standard InChI is InChI=1S/C14H15ClN2O3/c1-18-11-6-10(7-12(19-2)14(11)20-3)17-13-5-4-9(15)8-16-13/h4-8H,1-3H3,(H,16,17). The van der Waals surface area contributed by atoms with E-state index >= 15 is 0 Å². The average molecular weight is 295 g/mol. The van der Waals surface area contributed by atoms with Crippen LogP contribution in [0, 0.1) is 0 Å². The molecule has 0 saturated carbocycles. The summed E-state index contributed by atoms with van der Waals surface area (Å²) in [6.45, 7) is 0. The van der Waals surface area contributed by atoms with Crippen molar-refractivity contribution in [3.63, 3.8) is 0 Å². The predicted molar refractivity (Wildman–Crippen MR) is 78.6 cm³/mol. The van der Waals surface area contributed by atoms with E-state index < -0.39 is 0 Å². The lowest BCUT2D eigenvalue weighted by atomic mass is 10.2. The van der Waals surface area contributed by atoms with Crippen LogP contribution in [0.3, 0.4) is 0 Å². The van der Waals surface area contributed by atoms with Gasteiger partial charge in [0.25, 0.3) is 0 Å². The van der Waals surface area contributed by atoms with E-state index in [-0.39, 0.29) is 0 Å². The molecule has 0 bridgehead atoms. The second-order valence-corrected chi connectivity index (χ2v) is 4.34. The molecular weight excluding hydrogens is 280 g/mol. The lowest BCUT2D eigenvalue weighted by Crippen LogP contribution is -1.98. The van der Waals surface area contributed by atoms with Crippen molar-refractivity contribution in [1.29, 1.82) is 0 Å². The van der Waals surface area contributed by atoms with Crippen LogP contribution in [-0.2, 0) is 0 Å². The van der Waals surface area contributed by atoms with Gasteiger partial charge in [-0.05, 0) is 12.1 Å². The summed E-state index contributed by atoms with van der Waals surface area (Å²) in [5.41, 5.74) is 0.773. The maximum atomic E-state index is 5.80. The van der Waals surface area contributed by atoms with Gasteiger partial charge in [0.2, 0.25) is 5.75 Å². The Morgan fingerprint density at radius 2 is 1.65 bits per heavy atom. The third-order valence-corrected chi connectivity index (χ3v) is 2.89. The number of nitrogens with zero attached hydrogens (tertiary/aromatic N) is 1. The van der Waals surface area contributed by atoms with Gasteiger partial charge in [0.05, 0.1) is 26.4 Å². The molecule has 5 nitrogen and oxygen atoms in total. The Morgan fingerprint density at radius 1 is 1.00 bits per heavy atom. The maximum Gasteiger partial charge on any atom is 0.203 e. The number of halogens is 1. The molecule has 0 fully saturated rings. The van der Waals surface area contributed by atoms with Gasteiger partial charge in [-0.1, -0.05) is 11.6 Å². The largest absolute Gasteiger partial charge is 0.493 e. The molecule has 0 amide bonds. The molecule has 0 aliphatic heterocycles. The van der Waals surface area contributed by atoms with Crippen LogP contribution in [0.2, 0.25) is 5.02 Å². The second kappa shape index (κ2) is 6.34. The zero-order chi connectivity index (χ0) is 14.5. The lowest BCUT2D eigenvalue weighted by Gasteiger charge is -2.14. The molecule has 106 valence electrons. The molecule has 0 aliphatic rings. The molecule has 1 aromatic heterocycles. The number of nitrogens with one attached hydrogen (secondary N) is 1. The van der Waals surface area contributed by atoms with Gasteiger partial charge in [0.15, 0.2) is 11.5 Å². The fraction of sp³-hybridized carbons (Fsp3) is 0.214. The van der Waals surface area contributed by atoms with Gasteiger partial charge < -0.3 is 19.5 Å². The first-order chi connectivity index (χ1) is 9.67. The summed E-state index contributed by atoms with van der Waals surface area (Å²) in [5.74, 6) is 2.36. The predicted octanol–water partition coefficient (Wildman–Crippen LogP) is 3.50. The minimum absolute atomic E-state index is 0.546. The van der Waals surface area contributed by atoms with Crippen LogP contribution in [-0.4, -0.2) is 26.3 Å². The van der Waals surface area contributed by atoms with E-state index in [1.807, 2.05) is 0 Å². The highest BCUT2D eigenvalue weighted by Crippen LogP contribution is 2.40. The number of benzene rings is 1. The first-order valence-corrected chi connectivity index (χ1v) is 6.24. The van der Waals surface area contributed by atoms with Crippen LogP contribution in [0.1, 0.15) is 0 Å². The van der Waals surface area contributed by atoms with E-state index in [0.717, 1.165) is 5.69 Å². The molecule has 0 atom stereocenters. The van der Waals surface area contributed by atoms with Gasteiger partial charge in [-0.15, -0.1) is 0 Å². The maximum absolute atomic E-state index is 5.80. The number of rotatable bonds is 5. The van der Waals surface area contributed by atoms with Crippen molar-refractivity contribution in [3.05, 3.63) is 35.5 Å². The average Bonchev–Trinajstić information content (AvgIpc) is 2.48. The molecule has 0 saturated heterocycles. The molecule has 6 heteroatoms. The molecule has 1 aromatic carbocycles. The lowest BCUT2D eigenvalue weighted by molar-refractivity contribution is 0.324. The third-order valence-electron chi connectivity index (χ3n) is 2.66. The van der Waals surface area contributed by atoms with Crippen molar-refractivity contribution in [2.24, 2.45) is 0 Å². The number of pyridine rings is 1. The van der Waals surface area contributed by atoms with Crippen LogP contribution in [0.5, 0.6) is 17.2 Å². The summed E-state index contributed by atoms with van der Waals surface area (Å²) in [4.78, 5) is 4.17. The summed E-state index contributed by atoms with van der Waals surface area (Å²) >= 11 is 5.80. The number of hydrogen-bond acceptors (Lipinski definition) is 5. The molecule has 0 spiro atoms. The molecule has 1 heterocycles. The van der Waals surface area contributed by atoms with E-state index in [1.54, 1.807) is 51.8 Å². The zero-order valence-corrected chi connectivity index (χ0v) is 12.2. The summed E-state index contributed by atoms with van der Waals surface area (Å²) in [5, 5.41) is 3.73. The molecule has 0 aliphatic carbocycles. The van der Waals surface area contributed by atoms with Crippen molar-refractivity contribution in [1.82, 2.24) is 4.98 Å². The number of hydrogen-bond donors (Lipinski definition) is 1. The highest BCUT2D eigenvalue weighted by atomic mass is 35.5. The molecule has 2 aromatic rings. The van der Waals surface area contributed by atoms with Crippen LogP contribution >= 0.6 is 11.6 Å². The van der Waals surface area contributed by atoms with Gasteiger partial charge in [0, 0.05) is 24.0 Å². The fourth-order valence-corrected chi connectivity index (χ4v) is 1.86. The van der Waals surface area contributed by atoms with Gasteiger partial charge >= 0.3 is 0 Å². The van der Waals surface area contributed by atoms with Crippen LogP contribution in [0.15, 0.2) is 30.5 Å². The van der Waals surface area contributed by atoms with Crippen molar-refractivity contribution in [2.75, 3.05) is 26.6 Å². The van der Waals surface area contributed by atoms with Crippen molar-refractivity contribution < 1.29 is 14.2 Å². The van der Waals surface area contributed by atoms with Gasteiger partial charge in [-0.25, -0.2) is 4.98 Å². The fourth-order valence-electron chi connectivity index (χ4n) is 1.75. The first kappa shape index (κ1) is 14.3. The topological polar surface area (TPSA) is 52.6 Å². The molecule has 0 radical (unpaired) electrons. The van der Waals surface area contributed by atoms with Crippen molar-refractivity contribution >= 4 is 23.1 Å². The van der Waals surface area contributed by atoms with Gasteiger partial charge in [0.1, 0.15) is 5.82 Å². The third kappa shape index (κ3) is 3.05. The van der Waals surface area contributed by atoms with E-state index in [2.05, 4.69) is 10.3 Å². The van der Waals surface area contributed by atoms with E-state index in [0.29, 0.717) is 28.1 Å². The SMILES string of the molecule is COc1cc(Nc2ccc(Cl)cn2)cc(OC)c1OC. The Morgan fingerprint density at radius 3 is 2.10 bits per heavy atom. The summed E-state index contributed by atoms with van der Waals surface area (Å²) in [7, 11) is 4.71. The Labute approximate surface area is 122 Å². The monoisotopic (exact) mass is 294 g/mol. The Kier molecular flexibility index (Phi) is 4.53. The van der Waals surface area contributed by atoms with E-state index in [4.69, 9.17) is 25.8 Å². The van der Waals surface area contributed by atoms with Gasteiger partial charge in [-0.2, -0.15) is 0 Å². The number of methoxy groups -OCH3 is 3.